The molecule has 0 spiro atoms. The molecule has 3 heterocycles. The van der Waals surface area contributed by atoms with E-state index >= 15 is 0 Å². The smallest absolute Gasteiger partial charge is 0.109 e. The molecule has 59 heavy (non-hydrogen) atoms. The molecular formula is C56H40N2S. The van der Waals surface area contributed by atoms with E-state index in [1.165, 1.54) is 120 Å². The van der Waals surface area contributed by atoms with Crippen LogP contribution < -0.4 is 0 Å². The van der Waals surface area contributed by atoms with Gasteiger partial charge in [0.25, 0.3) is 0 Å². The first-order valence-electron chi connectivity index (χ1n) is 20.8. The number of thiophene rings is 1. The number of benzene rings is 8. The van der Waals surface area contributed by atoms with Crippen molar-refractivity contribution in [3.63, 3.8) is 0 Å². The quantitative estimate of drug-likeness (QED) is 0.169. The fourth-order valence-corrected chi connectivity index (χ4v) is 12.6. The highest BCUT2D eigenvalue weighted by atomic mass is 32.1. The zero-order valence-electron chi connectivity index (χ0n) is 33.5. The number of aromatic nitrogens is 2. The first kappa shape index (κ1) is 33.3. The highest BCUT2D eigenvalue weighted by Crippen LogP contribution is 2.56. The fourth-order valence-electron chi connectivity index (χ4n) is 11.3. The van der Waals surface area contributed by atoms with E-state index in [1.807, 2.05) is 11.3 Å². The first-order chi connectivity index (χ1) is 28.8. The lowest BCUT2D eigenvalue weighted by Gasteiger charge is -2.27. The standard InChI is InChI=1S/C56H40N2S/c1-55(2)44-21-11-8-17-36(44)38-20-14-23-48(51(38)55)58-46-22-12-9-18-37(46)40-28-27-39-42-31-33(25-29-45(42)56(3,4)52(39)53(40)58)34-26-30-47-43(32-34)50-41-19-10-13-24-49(41)59-54(50)57(47)35-15-6-5-7-16-35/h5-32H,1-4H3. The van der Waals surface area contributed by atoms with Gasteiger partial charge in [-0.1, -0.05) is 149 Å². The monoisotopic (exact) mass is 772 g/mol. The number of hydrogen-bond acceptors (Lipinski definition) is 1. The number of nitrogens with zero attached hydrogens (tertiary/aromatic N) is 2. The summed E-state index contributed by atoms with van der Waals surface area (Å²) in [5.41, 5.74) is 19.4. The molecule has 2 nitrogen and oxygen atoms in total. The second kappa shape index (κ2) is 11.5. The Bertz CT molecular complexity index is 3610. The van der Waals surface area contributed by atoms with E-state index in [1.54, 1.807) is 0 Å². The summed E-state index contributed by atoms with van der Waals surface area (Å²) in [6.45, 7) is 9.68. The Kier molecular flexibility index (Phi) is 6.49. The summed E-state index contributed by atoms with van der Waals surface area (Å²) in [5, 5.41) is 6.57. The van der Waals surface area contributed by atoms with Crippen molar-refractivity contribution in [2.75, 3.05) is 0 Å². The van der Waals surface area contributed by atoms with Gasteiger partial charge in [0.05, 0.1) is 22.2 Å². The number of para-hydroxylation sites is 2. The van der Waals surface area contributed by atoms with Crippen LogP contribution in [0.15, 0.2) is 170 Å². The molecule has 0 aliphatic heterocycles. The van der Waals surface area contributed by atoms with Crippen LogP contribution in [0.3, 0.4) is 0 Å². The molecule has 3 heteroatoms. The molecule has 0 saturated carbocycles. The van der Waals surface area contributed by atoms with Crippen LogP contribution in [0.1, 0.15) is 49.9 Å². The van der Waals surface area contributed by atoms with Gasteiger partial charge in [0.15, 0.2) is 0 Å². The van der Waals surface area contributed by atoms with E-state index in [-0.39, 0.29) is 10.8 Å². The van der Waals surface area contributed by atoms with Crippen LogP contribution in [0.2, 0.25) is 0 Å². The van der Waals surface area contributed by atoms with Crippen LogP contribution in [0.4, 0.5) is 0 Å². The zero-order valence-corrected chi connectivity index (χ0v) is 34.3. The summed E-state index contributed by atoms with van der Waals surface area (Å²) in [6, 6.07) is 63.8. The van der Waals surface area contributed by atoms with Gasteiger partial charge in [0.2, 0.25) is 0 Å². The second-order valence-corrected chi connectivity index (χ2v) is 18.7. The molecule has 0 fully saturated rings. The lowest BCUT2D eigenvalue weighted by Crippen LogP contribution is -2.19. The van der Waals surface area contributed by atoms with E-state index in [0.29, 0.717) is 0 Å². The molecule has 280 valence electrons. The van der Waals surface area contributed by atoms with Gasteiger partial charge in [-0.2, -0.15) is 0 Å². The zero-order chi connectivity index (χ0) is 39.4. The topological polar surface area (TPSA) is 9.86 Å². The van der Waals surface area contributed by atoms with Crippen molar-refractivity contribution in [3.8, 4) is 44.8 Å². The molecule has 0 amide bonds. The van der Waals surface area contributed by atoms with Gasteiger partial charge in [-0.15, -0.1) is 11.3 Å². The maximum Gasteiger partial charge on any atom is 0.109 e. The Balaban J connectivity index is 1.04. The van der Waals surface area contributed by atoms with Gasteiger partial charge >= 0.3 is 0 Å². The molecule has 13 rings (SSSR count). The Morgan fingerprint density at radius 1 is 0.424 bits per heavy atom. The maximum atomic E-state index is 2.62. The lowest BCUT2D eigenvalue weighted by atomic mass is 9.80. The van der Waals surface area contributed by atoms with Gasteiger partial charge in [-0.05, 0) is 104 Å². The molecule has 2 aliphatic rings. The minimum atomic E-state index is -0.218. The Hall–Kier alpha value is -6.68. The third-order valence-electron chi connectivity index (χ3n) is 13.9. The van der Waals surface area contributed by atoms with Crippen molar-refractivity contribution < 1.29 is 0 Å². The molecule has 0 N–H and O–H groups in total. The molecule has 8 aromatic carbocycles. The fraction of sp³-hybridized carbons (Fsp3) is 0.107. The average Bonchev–Trinajstić information content (AvgIpc) is 4.02. The number of fused-ring (bicyclic) bond motifs is 15. The molecule has 0 bridgehead atoms. The third-order valence-corrected chi connectivity index (χ3v) is 15.0. The van der Waals surface area contributed by atoms with Crippen LogP contribution in [-0.4, -0.2) is 9.13 Å². The highest BCUT2D eigenvalue weighted by molar-refractivity contribution is 7.25. The van der Waals surface area contributed by atoms with Gasteiger partial charge in [0, 0.05) is 48.1 Å². The molecule has 0 radical (unpaired) electrons. The van der Waals surface area contributed by atoms with Crippen LogP contribution in [0.5, 0.6) is 0 Å². The summed E-state index contributed by atoms with van der Waals surface area (Å²) in [4.78, 5) is 1.30. The van der Waals surface area contributed by atoms with Crippen molar-refractivity contribution in [2.45, 2.75) is 38.5 Å². The maximum absolute atomic E-state index is 2.62. The predicted molar refractivity (Wildman–Crippen MR) is 251 cm³/mol. The van der Waals surface area contributed by atoms with E-state index in [2.05, 4.69) is 207 Å². The molecule has 3 aromatic heterocycles. The third kappa shape index (κ3) is 4.25. The second-order valence-electron chi connectivity index (χ2n) is 17.7. The summed E-state index contributed by atoms with van der Waals surface area (Å²) >= 11 is 1.88. The number of hydrogen-bond donors (Lipinski definition) is 0. The van der Waals surface area contributed by atoms with Crippen LogP contribution in [-0.2, 0) is 10.8 Å². The predicted octanol–water partition coefficient (Wildman–Crippen LogP) is 15.4. The molecule has 0 atom stereocenters. The summed E-state index contributed by atoms with van der Waals surface area (Å²) in [5.74, 6) is 0. The Morgan fingerprint density at radius 3 is 1.97 bits per heavy atom. The van der Waals surface area contributed by atoms with Crippen molar-refractivity contribution in [2.24, 2.45) is 0 Å². The van der Waals surface area contributed by atoms with E-state index < -0.39 is 0 Å². The van der Waals surface area contributed by atoms with Gasteiger partial charge < -0.3 is 9.13 Å². The minimum Gasteiger partial charge on any atom is -0.309 e. The number of rotatable bonds is 3. The lowest BCUT2D eigenvalue weighted by molar-refractivity contribution is 0.654. The van der Waals surface area contributed by atoms with Gasteiger partial charge in [-0.25, -0.2) is 0 Å². The normalized spacial score (nSPS) is 14.7. The summed E-state index contributed by atoms with van der Waals surface area (Å²) in [7, 11) is 0. The largest absolute Gasteiger partial charge is 0.309 e. The first-order valence-corrected chi connectivity index (χ1v) is 21.6. The Labute approximate surface area is 347 Å². The molecular weight excluding hydrogens is 733 g/mol. The highest BCUT2D eigenvalue weighted by Gasteiger charge is 2.41. The average molecular weight is 773 g/mol. The Morgan fingerprint density at radius 2 is 1.08 bits per heavy atom. The molecule has 11 aromatic rings. The summed E-state index contributed by atoms with van der Waals surface area (Å²) < 4.78 is 6.39. The molecule has 2 aliphatic carbocycles. The van der Waals surface area contributed by atoms with E-state index in [4.69, 9.17) is 0 Å². The van der Waals surface area contributed by atoms with Crippen LogP contribution in [0.25, 0.3) is 97.8 Å². The van der Waals surface area contributed by atoms with Crippen molar-refractivity contribution in [3.05, 3.63) is 192 Å². The van der Waals surface area contributed by atoms with Crippen LogP contribution in [0, 0.1) is 0 Å². The van der Waals surface area contributed by atoms with Crippen molar-refractivity contribution >= 4 is 64.3 Å². The molecule has 0 unspecified atom stereocenters. The SMILES string of the molecule is CC1(C)c2ccccc2-c2cccc(-n3c4ccccc4c4ccc5c(c43)C(C)(C)c3ccc(-c4ccc6c(c4)c4c7ccccc7sc4n6-c4ccccc4)cc3-5)c21. The van der Waals surface area contributed by atoms with Gasteiger partial charge in [0.1, 0.15) is 4.83 Å². The van der Waals surface area contributed by atoms with Crippen LogP contribution >= 0.6 is 11.3 Å². The van der Waals surface area contributed by atoms with E-state index in [0.717, 1.165) is 0 Å². The summed E-state index contributed by atoms with van der Waals surface area (Å²) in [6.07, 6.45) is 0. The van der Waals surface area contributed by atoms with Gasteiger partial charge in [-0.3, -0.25) is 0 Å². The van der Waals surface area contributed by atoms with Crippen molar-refractivity contribution in [1.82, 2.24) is 9.13 Å². The van der Waals surface area contributed by atoms with E-state index in [9.17, 15) is 0 Å². The van der Waals surface area contributed by atoms with Crippen molar-refractivity contribution in [1.29, 1.82) is 0 Å². The minimum absolute atomic E-state index is 0.143. The molecule has 0 saturated heterocycles.